The normalized spacial score (nSPS) is 21.5. The zero-order chi connectivity index (χ0) is 12.0. The molecule has 0 saturated heterocycles. The molecule has 1 aromatic heterocycles. The first-order valence-electron chi connectivity index (χ1n) is 6.07. The summed E-state index contributed by atoms with van der Waals surface area (Å²) in [5.41, 5.74) is 5.29. The predicted molar refractivity (Wildman–Crippen MR) is 64.8 cm³/mol. The van der Waals surface area contributed by atoms with Crippen LogP contribution in [0.1, 0.15) is 50.4 Å². The van der Waals surface area contributed by atoms with Gasteiger partial charge in [-0.15, -0.1) is 10.2 Å². The van der Waals surface area contributed by atoms with Gasteiger partial charge in [0.05, 0.1) is 5.25 Å². The zero-order valence-corrected chi connectivity index (χ0v) is 10.6. The summed E-state index contributed by atoms with van der Waals surface area (Å²) >= 11 is 1.43. The smallest absolute Gasteiger partial charge is 0.230 e. The molecule has 0 spiro atoms. The number of carbonyl (C=O) groups excluding carboxylic acids is 1. The van der Waals surface area contributed by atoms with Gasteiger partial charge in [0.1, 0.15) is 5.82 Å². The average Bonchev–Trinajstić information content (AvgIpc) is 3.18. The van der Waals surface area contributed by atoms with Gasteiger partial charge in [-0.25, -0.2) is 0 Å². The van der Waals surface area contributed by atoms with Crippen molar-refractivity contribution in [1.29, 1.82) is 0 Å². The van der Waals surface area contributed by atoms with Gasteiger partial charge in [-0.1, -0.05) is 11.8 Å². The second-order valence-electron chi connectivity index (χ2n) is 4.88. The van der Waals surface area contributed by atoms with Crippen LogP contribution in [0, 0.1) is 0 Å². The second kappa shape index (κ2) is 4.01. The van der Waals surface area contributed by atoms with E-state index in [9.17, 15) is 4.79 Å². The SMILES string of the molecule is C[C@@H](Sc1nnc(C2CC2)n1C1CC1)C(N)=O. The van der Waals surface area contributed by atoms with Crippen LogP contribution < -0.4 is 5.73 Å². The summed E-state index contributed by atoms with van der Waals surface area (Å²) in [7, 11) is 0. The van der Waals surface area contributed by atoms with E-state index in [2.05, 4.69) is 14.8 Å². The van der Waals surface area contributed by atoms with Crippen molar-refractivity contribution >= 4 is 17.7 Å². The molecule has 1 aromatic rings. The predicted octanol–water partition coefficient (Wildman–Crippen LogP) is 1.46. The lowest BCUT2D eigenvalue weighted by atomic mass is 10.4. The Kier molecular flexibility index (Phi) is 2.61. The van der Waals surface area contributed by atoms with Crippen LogP contribution in [-0.4, -0.2) is 25.9 Å². The first kappa shape index (κ1) is 11.1. The Labute approximate surface area is 104 Å². The molecule has 17 heavy (non-hydrogen) atoms. The monoisotopic (exact) mass is 252 g/mol. The van der Waals surface area contributed by atoms with E-state index in [1.54, 1.807) is 0 Å². The fourth-order valence-corrected chi connectivity index (χ4v) is 2.76. The van der Waals surface area contributed by atoms with E-state index in [1.807, 2.05) is 6.92 Å². The molecule has 0 radical (unpaired) electrons. The van der Waals surface area contributed by atoms with Gasteiger partial charge in [0.25, 0.3) is 0 Å². The minimum Gasteiger partial charge on any atom is -0.369 e. The Bertz CT molecular complexity index is 450. The lowest BCUT2D eigenvalue weighted by molar-refractivity contribution is -0.117. The highest BCUT2D eigenvalue weighted by Crippen LogP contribution is 2.46. The molecular weight excluding hydrogens is 236 g/mol. The summed E-state index contributed by atoms with van der Waals surface area (Å²) < 4.78 is 2.24. The molecule has 2 fully saturated rings. The van der Waals surface area contributed by atoms with E-state index < -0.39 is 0 Å². The molecule has 6 heteroatoms. The van der Waals surface area contributed by atoms with Crippen LogP contribution in [0.4, 0.5) is 0 Å². The van der Waals surface area contributed by atoms with Crippen LogP contribution in [-0.2, 0) is 4.79 Å². The Morgan fingerprint density at radius 2 is 2.12 bits per heavy atom. The number of hydrogen-bond donors (Lipinski definition) is 1. The number of nitrogens with two attached hydrogens (primary N) is 1. The lowest BCUT2D eigenvalue weighted by Gasteiger charge is -2.10. The van der Waals surface area contributed by atoms with E-state index in [-0.39, 0.29) is 11.2 Å². The molecule has 1 atom stereocenters. The van der Waals surface area contributed by atoms with Crippen molar-refractivity contribution in [3.05, 3.63) is 5.82 Å². The van der Waals surface area contributed by atoms with Crippen LogP contribution in [0.2, 0.25) is 0 Å². The number of nitrogens with zero attached hydrogens (tertiary/aromatic N) is 3. The number of carbonyl (C=O) groups is 1. The van der Waals surface area contributed by atoms with Gasteiger partial charge in [0.2, 0.25) is 5.91 Å². The molecule has 2 aliphatic carbocycles. The van der Waals surface area contributed by atoms with Gasteiger partial charge < -0.3 is 10.3 Å². The van der Waals surface area contributed by atoms with Gasteiger partial charge in [-0.05, 0) is 32.6 Å². The summed E-state index contributed by atoms with van der Waals surface area (Å²) in [4.78, 5) is 11.1. The van der Waals surface area contributed by atoms with Crippen molar-refractivity contribution in [1.82, 2.24) is 14.8 Å². The molecule has 0 aliphatic heterocycles. The molecule has 0 aromatic carbocycles. The quantitative estimate of drug-likeness (QED) is 0.805. The Morgan fingerprint density at radius 3 is 2.65 bits per heavy atom. The third kappa shape index (κ3) is 2.18. The van der Waals surface area contributed by atoms with Gasteiger partial charge >= 0.3 is 0 Å². The number of rotatable bonds is 5. The van der Waals surface area contributed by atoms with Crippen molar-refractivity contribution in [2.75, 3.05) is 0 Å². The topological polar surface area (TPSA) is 73.8 Å². The van der Waals surface area contributed by atoms with Crippen molar-refractivity contribution in [3.63, 3.8) is 0 Å². The van der Waals surface area contributed by atoms with E-state index >= 15 is 0 Å². The van der Waals surface area contributed by atoms with E-state index in [0.717, 1.165) is 11.0 Å². The molecule has 1 amide bonds. The maximum Gasteiger partial charge on any atom is 0.230 e. The molecule has 2 aliphatic rings. The average molecular weight is 252 g/mol. The van der Waals surface area contributed by atoms with E-state index in [1.165, 1.54) is 37.4 Å². The molecule has 2 N–H and O–H groups in total. The summed E-state index contributed by atoms with van der Waals surface area (Å²) in [6.45, 7) is 1.82. The summed E-state index contributed by atoms with van der Waals surface area (Å²) in [6, 6.07) is 0.558. The summed E-state index contributed by atoms with van der Waals surface area (Å²) in [5.74, 6) is 1.42. The maximum absolute atomic E-state index is 11.1. The standard InChI is InChI=1S/C11H16N4OS/c1-6(9(12)16)17-11-14-13-10(7-2-3-7)15(11)8-4-5-8/h6-8H,2-5H2,1H3,(H2,12,16)/t6-/m1/s1. The molecular formula is C11H16N4OS. The van der Waals surface area contributed by atoms with Gasteiger partial charge in [-0.3, -0.25) is 4.79 Å². The van der Waals surface area contributed by atoms with E-state index in [4.69, 9.17) is 5.73 Å². The third-order valence-electron chi connectivity index (χ3n) is 3.23. The van der Waals surface area contributed by atoms with Crippen molar-refractivity contribution in [3.8, 4) is 0 Å². The minimum atomic E-state index is -0.298. The molecule has 1 heterocycles. The largest absolute Gasteiger partial charge is 0.369 e. The number of primary amides is 1. The first-order chi connectivity index (χ1) is 8.16. The van der Waals surface area contributed by atoms with Crippen molar-refractivity contribution in [2.24, 2.45) is 5.73 Å². The van der Waals surface area contributed by atoms with Gasteiger partial charge in [0.15, 0.2) is 5.16 Å². The molecule has 92 valence electrons. The van der Waals surface area contributed by atoms with Crippen LogP contribution in [0.5, 0.6) is 0 Å². The first-order valence-corrected chi connectivity index (χ1v) is 6.95. The Morgan fingerprint density at radius 1 is 1.41 bits per heavy atom. The highest BCUT2D eigenvalue weighted by atomic mass is 32.2. The van der Waals surface area contributed by atoms with Crippen LogP contribution in [0.3, 0.4) is 0 Å². The van der Waals surface area contributed by atoms with Crippen LogP contribution >= 0.6 is 11.8 Å². The molecule has 0 unspecified atom stereocenters. The summed E-state index contributed by atoms with van der Waals surface area (Å²) in [6.07, 6.45) is 4.86. The fourth-order valence-electron chi connectivity index (χ4n) is 1.88. The van der Waals surface area contributed by atoms with Crippen molar-refractivity contribution < 1.29 is 4.79 Å². The highest BCUT2D eigenvalue weighted by Gasteiger charge is 2.36. The molecule has 3 rings (SSSR count). The molecule has 5 nitrogen and oxygen atoms in total. The highest BCUT2D eigenvalue weighted by molar-refractivity contribution is 8.00. The summed E-state index contributed by atoms with van der Waals surface area (Å²) in [5, 5.41) is 9.14. The number of hydrogen-bond acceptors (Lipinski definition) is 4. The Balaban J connectivity index is 1.85. The van der Waals surface area contributed by atoms with Gasteiger partial charge in [-0.2, -0.15) is 0 Å². The second-order valence-corrected chi connectivity index (χ2v) is 6.19. The molecule has 2 saturated carbocycles. The van der Waals surface area contributed by atoms with Crippen LogP contribution in [0.25, 0.3) is 0 Å². The van der Waals surface area contributed by atoms with Gasteiger partial charge in [0, 0.05) is 12.0 Å². The molecule has 0 bridgehead atoms. The van der Waals surface area contributed by atoms with Crippen LogP contribution in [0.15, 0.2) is 5.16 Å². The van der Waals surface area contributed by atoms with Crippen molar-refractivity contribution in [2.45, 2.75) is 55.0 Å². The number of aromatic nitrogens is 3. The fraction of sp³-hybridized carbons (Fsp3) is 0.727. The van der Waals surface area contributed by atoms with E-state index in [0.29, 0.717) is 12.0 Å². The number of amides is 1. The maximum atomic E-state index is 11.1. The lowest BCUT2D eigenvalue weighted by Crippen LogP contribution is -2.23. The Hall–Kier alpha value is -1.04. The zero-order valence-electron chi connectivity index (χ0n) is 9.80. The number of thioether (sulfide) groups is 1. The minimum absolute atomic E-state index is 0.247. The third-order valence-corrected chi connectivity index (χ3v) is 4.30.